The average Bonchev–Trinajstić information content (AvgIpc) is 2.36. The van der Waals surface area contributed by atoms with Crippen LogP contribution in [0.1, 0.15) is 22.3 Å². The summed E-state index contributed by atoms with van der Waals surface area (Å²) in [5.74, 6) is 0. The minimum Gasteiger partial charge on any atom is -0.288 e. The van der Waals surface area contributed by atoms with Crippen LogP contribution in [0.5, 0.6) is 0 Å². The summed E-state index contributed by atoms with van der Waals surface area (Å²) in [6, 6.07) is 4.44. The Morgan fingerprint density at radius 3 is 2.73 bits per heavy atom. The van der Waals surface area contributed by atoms with Gasteiger partial charge in [0.15, 0.2) is 0 Å². The SMILES string of the molecule is Cc1cc2c(cc1C)CN=C2. The van der Waals surface area contributed by atoms with Crippen LogP contribution in [0.15, 0.2) is 17.1 Å². The van der Waals surface area contributed by atoms with Crippen molar-refractivity contribution < 1.29 is 0 Å². The summed E-state index contributed by atoms with van der Waals surface area (Å²) in [7, 11) is 0. The molecule has 1 aliphatic heterocycles. The lowest BCUT2D eigenvalue weighted by Gasteiger charge is -2.02. The minimum atomic E-state index is 0.871. The molecule has 2 rings (SSSR count). The molecule has 0 fully saturated rings. The monoisotopic (exact) mass is 145 g/mol. The molecule has 0 aromatic heterocycles. The molecule has 1 aromatic carbocycles. The van der Waals surface area contributed by atoms with E-state index < -0.39 is 0 Å². The molecule has 0 radical (unpaired) electrons. The number of hydrogen-bond acceptors (Lipinski definition) is 1. The van der Waals surface area contributed by atoms with Crippen molar-refractivity contribution in [1.29, 1.82) is 0 Å². The van der Waals surface area contributed by atoms with E-state index in [4.69, 9.17) is 0 Å². The van der Waals surface area contributed by atoms with Crippen molar-refractivity contribution >= 4 is 6.21 Å². The molecule has 0 saturated heterocycles. The van der Waals surface area contributed by atoms with Crippen molar-refractivity contribution in [3.05, 3.63) is 34.4 Å². The number of fused-ring (bicyclic) bond motifs is 1. The number of aliphatic imine (C=N–C) groups is 1. The van der Waals surface area contributed by atoms with Crippen LogP contribution in [-0.2, 0) is 6.54 Å². The van der Waals surface area contributed by atoms with Crippen LogP contribution in [0.25, 0.3) is 0 Å². The second-order valence-corrected chi connectivity index (χ2v) is 3.11. The highest BCUT2D eigenvalue weighted by molar-refractivity contribution is 5.84. The van der Waals surface area contributed by atoms with Crippen molar-refractivity contribution in [3.8, 4) is 0 Å². The molecule has 0 aliphatic carbocycles. The van der Waals surface area contributed by atoms with Gasteiger partial charge < -0.3 is 0 Å². The molecule has 0 spiro atoms. The van der Waals surface area contributed by atoms with Gasteiger partial charge in [-0.1, -0.05) is 6.07 Å². The molecule has 0 amide bonds. The van der Waals surface area contributed by atoms with Gasteiger partial charge in [0.2, 0.25) is 0 Å². The fourth-order valence-electron chi connectivity index (χ4n) is 1.40. The summed E-state index contributed by atoms with van der Waals surface area (Å²) in [5.41, 5.74) is 5.40. The minimum absolute atomic E-state index is 0.871. The van der Waals surface area contributed by atoms with E-state index in [1.807, 2.05) is 6.21 Å². The molecule has 11 heavy (non-hydrogen) atoms. The third-order valence-electron chi connectivity index (χ3n) is 2.25. The van der Waals surface area contributed by atoms with Crippen molar-refractivity contribution in [2.24, 2.45) is 4.99 Å². The van der Waals surface area contributed by atoms with E-state index in [0.29, 0.717) is 0 Å². The predicted molar refractivity (Wildman–Crippen MR) is 47.2 cm³/mol. The van der Waals surface area contributed by atoms with E-state index >= 15 is 0 Å². The zero-order valence-electron chi connectivity index (χ0n) is 6.89. The fraction of sp³-hybridized carbons (Fsp3) is 0.300. The molecule has 0 bridgehead atoms. The van der Waals surface area contributed by atoms with Gasteiger partial charge in [0.05, 0.1) is 6.54 Å². The first-order chi connectivity index (χ1) is 5.27. The summed E-state index contributed by atoms with van der Waals surface area (Å²) < 4.78 is 0. The molecule has 1 heterocycles. The number of aryl methyl sites for hydroxylation is 2. The van der Waals surface area contributed by atoms with Crippen LogP contribution in [0.4, 0.5) is 0 Å². The van der Waals surface area contributed by atoms with Crippen LogP contribution >= 0.6 is 0 Å². The van der Waals surface area contributed by atoms with Gasteiger partial charge in [-0.2, -0.15) is 0 Å². The topological polar surface area (TPSA) is 12.4 Å². The summed E-state index contributed by atoms with van der Waals surface area (Å²) >= 11 is 0. The Bertz CT molecular complexity index is 324. The Kier molecular flexibility index (Phi) is 1.31. The molecular weight excluding hydrogens is 134 g/mol. The summed E-state index contributed by atoms with van der Waals surface area (Å²) in [6.07, 6.45) is 1.96. The van der Waals surface area contributed by atoms with Gasteiger partial charge in [-0.15, -0.1) is 0 Å². The molecule has 1 aromatic rings. The zero-order valence-corrected chi connectivity index (χ0v) is 6.89. The number of hydrogen-bond donors (Lipinski definition) is 0. The maximum absolute atomic E-state index is 4.21. The molecule has 0 atom stereocenters. The van der Waals surface area contributed by atoms with Crippen molar-refractivity contribution in [3.63, 3.8) is 0 Å². The molecule has 1 heteroatoms. The first kappa shape index (κ1) is 6.59. The Morgan fingerprint density at radius 1 is 1.18 bits per heavy atom. The Morgan fingerprint density at radius 2 is 1.91 bits per heavy atom. The maximum Gasteiger partial charge on any atom is 0.0646 e. The van der Waals surface area contributed by atoms with E-state index in [-0.39, 0.29) is 0 Å². The highest BCUT2D eigenvalue weighted by atomic mass is 14.7. The molecule has 0 unspecified atom stereocenters. The van der Waals surface area contributed by atoms with Crippen LogP contribution in [-0.4, -0.2) is 6.21 Å². The standard InChI is InChI=1S/C10H11N/c1-7-3-9-5-11-6-10(9)4-8(7)2/h3-5H,6H2,1-2H3. The molecule has 1 nitrogen and oxygen atoms in total. The summed E-state index contributed by atoms with van der Waals surface area (Å²) in [5, 5.41) is 0. The van der Waals surface area contributed by atoms with Gasteiger partial charge in [-0.3, -0.25) is 4.99 Å². The molecule has 56 valence electrons. The number of benzene rings is 1. The molecule has 1 aliphatic rings. The summed E-state index contributed by atoms with van der Waals surface area (Å²) in [6.45, 7) is 5.16. The third kappa shape index (κ3) is 0.967. The van der Waals surface area contributed by atoms with Crippen molar-refractivity contribution in [1.82, 2.24) is 0 Å². The van der Waals surface area contributed by atoms with Gasteiger partial charge in [-0.25, -0.2) is 0 Å². The van der Waals surface area contributed by atoms with Crippen LogP contribution in [0.3, 0.4) is 0 Å². The van der Waals surface area contributed by atoms with Crippen LogP contribution < -0.4 is 0 Å². The fourth-order valence-corrected chi connectivity index (χ4v) is 1.40. The molecule has 0 saturated carbocycles. The van der Waals surface area contributed by atoms with E-state index in [0.717, 1.165) is 6.54 Å². The zero-order chi connectivity index (χ0) is 7.84. The van der Waals surface area contributed by atoms with Gasteiger partial charge in [0, 0.05) is 6.21 Å². The van der Waals surface area contributed by atoms with E-state index in [9.17, 15) is 0 Å². The second kappa shape index (κ2) is 2.19. The molecule has 0 N–H and O–H groups in total. The van der Waals surface area contributed by atoms with Gasteiger partial charge in [0.25, 0.3) is 0 Å². The second-order valence-electron chi connectivity index (χ2n) is 3.11. The largest absolute Gasteiger partial charge is 0.288 e. The quantitative estimate of drug-likeness (QED) is 0.531. The van der Waals surface area contributed by atoms with E-state index in [1.54, 1.807) is 0 Å². The summed E-state index contributed by atoms with van der Waals surface area (Å²) in [4.78, 5) is 4.21. The first-order valence-electron chi connectivity index (χ1n) is 3.87. The highest BCUT2D eigenvalue weighted by Gasteiger charge is 2.06. The third-order valence-corrected chi connectivity index (χ3v) is 2.25. The average molecular weight is 145 g/mol. The lowest BCUT2D eigenvalue weighted by Crippen LogP contribution is -1.88. The van der Waals surface area contributed by atoms with Crippen molar-refractivity contribution in [2.45, 2.75) is 20.4 Å². The maximum atomic E-state index is 4.21. The number of rotatable bonds is 0. The van der Waals surface area contributed by atoms with Gasteiger partial charge in [-0.05, 0) is 42.2 Å². The first-order valence-corrected chi connectivity index (χ1v) is 3.87. The van der Waals surface area contributed by atoms with Gasteiger partial charge in [0.1, 0.15) is 0 Å². The highest BCUT2D eigenvalue weighted by Crippen LogP contribution is 2.18. The van der Waals surface area contributed by atoms with E-state index in [2.05, 4.69) is 31.0 Å². The van der Waals surface area contributed by atoms with Crippen LogP contribution in [0.2, 0.25) is 0 Å². The number of nitrogens with zero attached hydrogens (tertiary/aromatic N) is 1. The van der Waals surface area contributed by atoms with E-state index in [1.165, 1.54) is 22.3 Å². The Labute approximate surface area is 66.8 Å². The Hall–Kier alpha value is -1.11. The smallest absolute Gasteiger partial charge is 0.0646 e. The van der Waals surface area contributed by atoms with Crippen molar-refractivity contribution in [2.75, 3.05) is 0 Å². The van der Waals surface area contributed by atoms with Gasteiger partial charge >= 0.3 is 0 Å². The molecular formula is C10H11N. The van der Waals surface area contributed by atoms with Crippen LogP contribution in [0, 0.1) is 13.8 Å². The Balaban J connectivity index is 2.63. The lowest BCUT2D eigenvalue weighted by atomic mass is 10.0. The lowest BCUT2D eigenvalue weighted by molar-refractivity contribution is 1.10. The normalized spacial score (nSPS) is 13.6. The predicted octanol–water partition coefficient (Wildman–Crippen LogP) is 2.24.